The van der Waals surface area contributed by atoms with E-state index in [1.807, 2.05) is 0 Å². The van der Waals surface area contributed by atoms with E-state index in [0.717, 1.165) is 12.3 Å². The summed E-state index contributed by atoms with van der Waals surface area (Å²) in [5.74, 6) is -1.42. The van der Waals surface area contributed by atoms with Gasteiger partial charge in [0.1, 0.15) is 29.3 Å². The van der Waals surface area contributed by atoms with E-state index in [9.17, 15) is 18.4 Å². The molecule has 166 valence electrons. The minimum absolute atomic E-state index is 0.00809. The van der Waals surface area contributed by atoms with Gasteiger partial charge in [0.15, 0.2) is 0 Å². The first-order chi connectivity index (χ1) is 15.5. The van der Waals surface area contributed by atoms with Crippen LogP contribution in [0.3, 0.4) is 0 Å². The van der Waals surface area contributed by atoms with Crippen molar-refractivity contribution in [2.75, 3.05) is 0 Å². The molecule has 2 heterocycles. The van der Waals surface area contributed by atoms with Gasteiger partial charge in [-0.05, 0) is 56.0 Å². The average Bonchev–Trinajstić information content (AvgIpc) is 3.33. The Bertz CT molecular complexity index is 1080. The Hall–Kier alpha value is -3.82. The first-order valence-corrected chi connectivity index (χ1v) is 10.2. The average molecular weight is 441 g/mol. The van der Waals surface area contributed by atoms with Crippen molar-refractivity contribution >= 4 is 11.9 Å². The molecule has 0 atom stereocenters. The highest BCUT2D eigenvalue weighted by atomic mass is 19.1. The van der Waals surface area contributed by atoms with E-state index in [1.165, 1.54) is 41.4 Å². The third-order valence-corrected chi connectivity index (χ3v) is 5.22. The molecule has 1 aliphatic rings. The van der Waals surface area contributed by atoms with Crippen molar-refractivity contribution in [2.45, 2.75) is 37.8 Å². The normalized spacial score (nSPS) is 18.1. The number of carbonyl (C=O) groups excluding carboxylic acids is 2. The van der Waals surface area contributed by atoms with Gasteiger partial charge in [-0.15, -0.1) is 0 Å². The summed E-state index contributed by atoms with van der Waals surface area (Å²) in [7, 11) is 0. The second-order valence-electron chi connectivity index (χ2n) is 7.50. The summed E-state index contributed by atoms with van der Waals surface area (Å²) in [6.45, 7) is 0. The highest BCUT2D eigenvalue weighted by Crippen LogP contribution is 2.25. The van der Waals surface area contributed by atoms with Crippen LogP contribution in [0.1, 0.15) is 36.0 Å². The van der Waals surface area contributed by atoms with Gasteiger partial charge in [0.05, 0.1) is 6.20 Å². The molecule has 0 unspecified atom stereocenters. The van der Waals surface area contributed by atoms with Crippen molar-refractivity contribution in [3.63, 3.8) is 0 Å². The van der Waals surface area contributed by atoms with Crippen molar-refractivity contribution in [1.82, 2.24) is 25.2 Å². The zero-order valence-corrected chi connectivity index (χ0v) is 17.0. The third kappa shape index (κ3) is 5.26. The molecule has 0 spiro atoms. The minimum Gasteiger partial charge on any atom is -0.438 e. The number of nitrogens with zero attached hydrogens (tertiary/aromatic N) is 3. The van der Waals surface area contributed by atoms with Gasteiger partial charge in [0.25, 0.3) is 5.91 Å². The second-order valence-corrected chi connectivity index (χ2v) is 7.50. The van der Waals surface area contributed by atoms with E-state index >= 15 is 0 Å². The van der Waals surface area contributed by atoms with Gasteiger partial charge in [0.2, 0.25) is 5.88 Å². The van der Waals surface area contributed by atoms with Crippen LogP contribution in [0, 0.1) is 11.6 Å². The Morgan fingerprint density at radius 1 is 1.00 bits per heavy atom. The molecular weight excluding hydrogens is 420 g/mol. The highest BCUT2D eigenvalue weighted by Gasteiger charge is 2.26. The van der Waals surface area contributed by atoms with Crippen molar-refractivity contribution < 1.29 is 23.1 Å². The van der Waals surface area contributed by atoms with E-state index in [-0.39, 0.29) is 35.3 Å². The largest absolute Gasteiger partial charge is 0.438 e. The lowest BCUT2D eigenvalue weighted by Gasteiger charge is -2.29. The number of rotatable bonds is 5. The Balaban J connectivity index is 1.35. The van der Waals surface area contributed by atoms with Crippen LogP contribution in [0.25, 0.3) is 0 Å². The second kappa shape index (κ2) is 9.54. The Morgan fingerprint density at radius 2 is 1.69 bits per heavy atom. The molecule has 3 aromatic rings. The summed E-state index contributed by atoms with van der Waals surface area (Å²) in [4.78, 5) is 32.7. The molecule has 8 nitrogen and oxygen atoms in total. The van der Waals surface area contributed by atoms with E-state index in [1.54, 1.807) is 6.20 Å². The van der Waals surface area contributed by atoms with Crippen LogP contribution in [0.4, 0.5) is 13.6 Å². The number of carbonyl (C=O) groups is 2. The van der Waals surface area contributed by atoms with Gasteiger partial charge in [-0.25, -0.2) is 23.5 Å². The van der Waals surface area contributed by atoms with Crippen LogP contribution in [-0.2, 0) is 0 Å². The van der Waals surface area contributed by atoms with Gasteiger partial charge < -0.3 is 15.4 Å². The number of ether oxygens (including phenoxy) is 1. The lowest BCUT2D eigenvalue weighted by molar-refractivity contribution is 0.0920. The molecule has 4 rings (SSSR count). The Labute approximate surface area is 182 Å². The number of hydrogen-bond donors (Lipinski definition) is 2. The van der Waals surface area contributed by atoms with Gasteiger partial charge in [-0.3, -0.25) is 9.36 Å². The Morgan fingerprint density at radius 3 is 2.34 bits per heavy atom. The maximum Gasteiger partial charge on any atom is 0.327 e. The van der Waals surface area contributed by atoms with E-state index in [0.29, 0.717) is 25.7 Å². The van der Waals surface area contributed by atoms with Crippen LogP contribution >= 0.6 is 0 Å². The summed E-state index contributed by atoms with van der Waals surface area (Å²) in [6, 6.07) is 5.87. The lowest BCUT2D eigenvalue weighted by atomic mass is 9.91. The van der Waals surface area contributed by atoms with Gasteiger partial charge in [-0.2, -0.15) is 0 Å². The molecule has 1 saturated carbocycles. The fourth-order valence-corrected chi connectivity index (χ4v) is 3.56. The minimum atomic E-state index is -0.674. The summed E-state index contributed by atoms with van der Waals surface area (Å²) in [6.07, 6.45) is 8.15. The molecule has 1 aromatic carbocycles. The molecule has 0 radical (unpaired) electrons. The van der Waals surface area contributed by atoms with Crippen LogP contribution < -0.4 is 15.4 Å². The van der Waals surface area contributed by atoms with Crippen molar-refractivity contribution in [2.24, 2.45) is 0 Å². The summed E-state index contributed by atoms with van der Waals surface area (Å²) in [5, 5.41) is 5.83. The first-order valence-electron chi connectivity index (χ1n) is 10.2. The molecular formula is C22H21F2N5O3. The lowest BCUT2D eigenvalue weighted by Crippen LogP contribution is -2.44. The fourth-order valence-electron chi connectivity index (χ4n) is 3.56. The van der Waals surface area contributed by atoms with Crippen LogP contribution in [0.5, 0.6) is 11.6 Å². The summed E-state index contributed by atoms with van der Waals surface area (Å²) < 4.78 is 33.8. The molecule has 32 heavy (non-hydrogen) atoms. The highest BCUT2D eigenvalue weighted by molar-refractivity contribution is 5.96. The Kier molecular flexibility index (Phi) is 6.39. The third-order valence-electron chi connectivity index (χ3n) is 5.22. The number of halogens is 2. The molecule has 10 heteroatoms. The smallest absolute Gasteiger partial charge is 0.327 e. The van der Waals surface area contributed by atoms with Crippen molar-refractivity contribution in [3.05, 3.63) is 72.4 Å². The monoisotopic (exact) mass is 441 g/mol. The SMILES string of the molecule is O=C(NC1CCC(NC(=O)n2ccnc2)CC1)c1cc(F)cnc1Oc1ccc(F)cc1. The zero-order chi connectivity index (χ0) is 22.5. The van der Waals surface area contributed by atoms with Gasteiger partial charge >= 0.3 is 6.03 Å². The molecule has 0 aliphatic heterocycles. The topological polar surface area (TPSA) is 98.1 Å². The molecule has 0 saturated heterocycles. The number of nitrogens with one attached hydrogen (secondary N) is 2. The van der Waals surface area contributed by atoms with E-state index in [4.69, 9.17) is 4.74 Å². The number of pyridine rings is 1. The van der Waals surface area contributed by atoms with Crippen LogP contribution in [0.15, 0.2) is 55.2 Å². The van der Waals surface area contributed by atoms with Crippen molar-refractivity contribution in [3.8, 4) is 11.6 Å². The maximum atomic E-state index is 13.8. The van der Waals surface area contributed by atoms with Crippen LogP contribution in [-0.4, -0.2) is 38.6 Å². The standard InChI is InChI=1S/C22H21F2N5O3/c23-14-1-7-18(8-2-14)32-21-19(11-15(24)12-26-21)20(30)27-16-3-5-17(6-4-16)28-22(31)29-10-9-25-13-29/h1-2,7-13,16-17H,3-6H2,(H,27,30)(H,28,31). The number of aromatic nitrogens is 3. The first kappa shape index (κ1) is 21.4. The molecule has 2 N–H and O–H groups in total. The molecule has 1 fully saturated rings. The van der Waals surface area contributed by atoms with E-state index < -0.39 is 17.5 Å². The number of imidazole rings is 1. The van der Waals surface area contributed by atoms with Crippen LogP contribution in [0.2, 0.25) is 0 Å². The predicted molar refractivity (Wildman–Crippen MR) is 110 cm³/mol. The number of hydrogen-bond acceptors (Lipinski definition) is 5. The summed E-state index contributed by atoms with van der Waals surface area (Å²) >= 11 is 0. The number of benzene rings is 1. The summed E-state index contributed by atoms with van der Waals surface area (Å²) in [5.41, 5.74) is -0.0511. The molecule has 1 aliphatic carbocycles. The van der Waals surface area contributed by atoms with E-state index in [2.05, 4.69) is 20.6 Å². The van der Waals surface area contributed by atoms with Gasteiger partial charge in [-0.1, -0.05) is 0 Å². The molecule has 2 aromatic heterocycles. The molecule has 2 amide bonds. The predicted octanol–water partition coefficient (Wildman–Crippen LogP) is 3.65. The number of amides is 2. The molecule has 0 bridgehead atoms. The zero-order valence-electron chi connectivity index (χ0n) is 17.0. The quantitative estimate of drug-likeness (QED) is 0.630. The fraction of sp³-hybridized carbons (Fsp3) is 0.273. The van der Waals surface area contributed by atoms with Crippen molar-refractivity contribution in [1.29, 1.82) is 0 Å². The van der Waals surface area contributed by atoms with Gasteiger partial charge in [0, 0.05) is 24.5 Å². The maximum absolute atomic E-state index is 13.8.